The zero-order valence-electron chi connectivity index (χ0n) is 17.0. The summed E-state index contributed by atoms with van der Waals surface area (Å²) in [4.78, 5) is 14.8. The summed E-state index contributed by atoms with van der Waals surface area (Å²) in [7, 11) is 1.91. The number of benzene rings is 2. The monoisotopic (exact) mass is 407 g/mol. The number of thioether (sulfide) groups is 1. The van der Waals surface area contributed by atoms with Gasteiger partial charge in [-0.3, -0.25) is 4.79 Å². The van der Waals surface area contributed by atoms with Crippen LogP contribution in [0.25, 0.3) is 5.69 Å². The summed E-state index contributed by atoms with van der Waals surface area (Å²) in [6, 6.07) is 14.8. The van der Waals surface area contributed by atoms with Crippen LogP contribution >= 0.6 is 11.8 Å². The topological polar surface area (TPSA) is 63.9 Å². The van der Waals surface area contributed by atoms with Gasteiger partial charge in [-0.2, -0.15) is 4.68 Å². The van der Waals surface area contributed by atoms with Crippen LogP contribution in [0.3, 0.4) is 0 Å². The molecule has 0 fully saturated rings. The molecule has 1 aromatic heterocycles. The molecule has 29 heavy (non-hydrogen) atoms. The molecule has 1 aliphatic carbocycles. The van der Waals surface area contributed by atoms with Gasteiger partial charge in [-0.1, -0.05) is 53.7 Å². The molecule has 1 atom stereocenters. The molecule has 2 aromatic carbocycles. The van der Waals surface area contributed by atoms with Crippen LogP contribution in [0.2, 0.25) is 0 Å². The number of tetrazole rings is 1. The van der Waals surface area contributed by atoms with Gasteiger partial charge in [0.1, 0.15) is 0 Å². The second-order valence-electron chi connectivity index (χ2n) is 7.56. The van der Waals surface area contributed by atoms with Crippen LogP contribution in [0.5, 0.6) is 0 Å². The molecule has 4 rings (SSSR count). The Morgan fingerprint density at radius 3 is 2.90 bits per heavy atom. The minimum atomic E-state index is 0.0897. The molecule has 1 amide bonds. The van der Waals surface area contributed by atoms with Gasteiger partial charge < -0.3 is 4.90 Å². The lowest BCUT2D eigenvalue weighted by Gasteiger charge is -2.33. The predicted octanol–water partition coefficient (Wildman–Crippen LogP) is 3.91. The third-order valence-corrected chi connectivity index (χ3v) is 6.45. The number of aryl methyl sites for hydroxylation is 3. The number of carbonyl (C=O) groups is 1. The standard InChI is InChI=1S/C22H25N5OS/c1-15-11-12-19(16(2)13-15)27-22(23-24-25-27)29-14-21(28)26(3)20-10-6-8-17-7-4-5-9-18(17)20/h4-5,7,9,11-13,20H,6,8,10,14H2,1-3H3/t20-/m0/s1. The highest BCUT2D eigenvalue weighted by atomic mass is 32.2. The van der Waals surface area contributed by atoms with E-state index in [4.69, 9.17) is 0 Å². The average Bonchev–Trinajstić information content (AvgIpc) is 3.19. The number of amides is 1. The van der Waals surface area contributed by atoms with E-state index in [1.165, 1.54) is 28.5 Å². The Hall–Kier alpha value is -2.67. The third-order valence-electron chi connectivity index (χ3n) is 5.54. The Labute approximate surface area is 175 Å². The normalized spacial score (nSPS) is 15.8. The molecule has 3 aromatic rings. The minimum Gasteiger partial charge on any atom is -0.338 e. The van der Waals surface area contributed by atoms with Crippen LogP contribution in [0, 0.1) is 13.8 Å². The molecule has 150 valence electrons. The summed E-state index contributed by atoms with van der Waals surface area (Å²) in [5.41, 5.74) is 5.86. The van der Waals surface area contributed by atoms with Gasteiger partial charge in [-0.05, 0) is 66.3 Å². The molecule has 0 saturated carbocycles. The fourth-order valence-corrected chi connectivity index (χ4v) is 4.80. The van der Waals surface area contributed by atoms with E-state index in [1.807, 2.05) is 31.0 Å². The van der Waals surface area contributed by atoms with E-state index in [1.54, 1.807) is 4.68 Å². The van der Waals surface area contributed by atoms with E-state index in [0.717, 1.165) is 30.5 Å². The van der Waals surface area contributed by atoms with Crippen LogP contribution in [0.15, 0.2) is 47.6 Å². The SMILES string of the molecule is Cc1ccc(-n2nnnc2SCC(=O)N(C)[C@H]2CCCc3ccccc32)c(C)c1. The molecule has 1 aliphatic rings. The molecule has 0 unspecified atom stereocenters. The molecule has 7 heteroatoms. The van der Waals surface area contributed by atoms with Gasteiger partial charge in [0.15, 0.2) is 0 Å². The van der Waals surface area contributed by atoms with E-state index in [2.05, 4.69) is 52.8 Å². The van der Waals surface area contributed by atoms with E-state index < -0.39 is 0 Å². The van der Waals surface area contributed by atoms with E-state index in [0.29, 0.717) is 10.9 Å². The van der Waals surface area contributed by atoms with Crippen molar-refractivity contribution in [3.63, 3.8) is 0 Å². The Kier molecular flexibility index (Phi) is 5.67. The molecule has 0 bridgehead atoms. The van der Waals surface area contributed by atoms with Gasteiger partial charge in [0.2, 0.25) is 11.1 Å². The largest absolute Gasteiger partial charge is 0.338 e. The second kappa shape index (κ2) is 8.37. The van der Waals surface area contributed by atoms with Crippen molar-refractivity contribution in [1.29, 1.82) is 0 Å². The highest BCUT2D eigenvalue weighted by molar-refractivity contribution is 7.99. The summed E-state index contributed by atoms with van der Waals surface area (Å²) in [5, 5.41) is 12.7. The van der Waals surface area contributed by atoms with Crippen molar-refractivity contribution in [2.75, 3.05) is 12.8 Å². The van der Waals surface area contributed by atoms with Crippen molar-refractivity contribution < 1.29 is 4.79 Å². The van der Waals surface area contributed by atoms with Crippen molar-refractivity contribution in [1.82, 2.24) is 25.1 Å². The summed E-state index contributed by atoms with van der Waals surface area (Å²) >= 11 is 1.38. The Balaban J connectivity index is 1.47. The van der Waals surface area contributed by atoms with E-state index in [9.17, 15) is 4.79 Å². The highest BCUT2D eigenvalue weighted by Gasteiger charge is 2.26. The fourth-order valence-electron chi connectivity index (χ4n) is 4.00. The van der Waals surface area contributed by atoms with Gasteiger partial charge in [0, 0.05) is 7.05 Å². The minimum absolute atomic E-state index is 0.0897. The number of rotatable bonds is 5. The summed E-state index contributed by atoms with van der Waals surface area (Å²) < 4.78 is 1.71. The van der Waals surface area contributed by atoms with Crippen molar-refractivity contribution in [3.05, 3.63) is 64.7 Å². The lowest BCUT2D eigenvalue weighted by Crippen LogP contribution is -2.34. The first-order valence-corrected chi connectivity index (χ1v) is 10.9. The van der Waals surface area contributed by atoms with Crippen molar-refractivity contribution in [3.8, 4) is 5.69 Å². The van der Waals surface area contributed by atoms with Gasteiger partial charge in [-0.25, -0.2) is 0 Å². The van der Waals surface area contributed by atoms with Gasteiger partial charge in [0.05, 0.1) is 17.5 Å². The number of hydrogen-bond donors (Lipinski definition) is 0. The van der Waals surface area contributed by atoms with Crippen LogP contribution in [-0.2, 0) is 11.2 Å². The second-order valence-corrected chi connectivity index (χ2v) is 8.51. The maximum absolute atomic E-state index is 12.9. The summed E-state index contributed by atoms with van der Waals surface area (Å²) in [6.07, 6.45) is 3.20. The van der Waals surface area contributed by atoms with E-state index >= 15 is 0 Å². The molecular weight excluding hydrogens is 382 g/mol. The Morgan fingerprint density at radius 1 is 1.24 bits per heavy atom. The molecule has 0 spiro atoms. The van der Waals surface area contributed by atoms with Gasteiger partial charge >= 0.3 is 0 Å². The first-order chi connectivity index (χ1) is 14.0. The number of carbonyl (C=O) groups excluding carboxylic acids is 1. The highest BCUT2D eigenvalue weighted by Crippen LogP contribution is 2.34. The Bertz CT molecular complexity index is 1030. The molecule has 6 nitrogen and oxygen atoms in total. The molecule has 0 aliphatic heterocycles. The van der Waals surface area contributed by atoms with Crippen LogP contribution in [0.1, 0.15) is 41.1 Å². The summed E-state index contributed by atoms with van der Waals surface area (Å²) in [6.45, 7) is 4.10. The lowest BCUT2D eigenvalue weighted by molar-refractivity contribution is -0.129. The molecule has 0 saturated heterocycles. The zero-order chi connectivity index (χ0) is 20.4. The van der Waals surface area contributed by atoms with Crippen molar-refractivity contribution in [2.45, 2.75) is 44.3 Å². The summed E-state index contributed by atoms with van der Waals surface area (Å²) in [5.74, 6) is 0.396. The van der Waals surface area contributed by atoms with Crippen LogP contribution in [0.4, 0.5) is 0 Å². The van der Waals surface area contributed by atoms with Crippen molar-refractivity contribution >= 4 is 17.7 Å². The lowest BCUT2D eigenvalue weighted by atomic mass is 9.87. The average molecular weight is 408 g/mol. The molecule has 0 N–H and O–H groups in total. The Morgan fingerprint density at radius 2 is 2.07 bits per heavy atom. The van der Waals surface area contributed by atoms with E-state index in [-0.39, 0.29) is 11.9 Å². The first kappa shape index (κ1) is 19.6. The molecule has 0 radical (unpaired) electrons. The van der Waals surface area contributed by atoms with Crippen LogP contribution < -0.4 is 0 Å². The predicted molar refractivity (Wildman–Crippen MR) is 114 cm³/mol. The maximum atomic E-state index is 12.9. The maximum Gasteiger partial charge on any atom is 0.233 e. The molecule has 1 heterocycles. The zero-order valence-corrected chi connectivity index (χ0v) is 17.8. The number of fused-ring (bicyclic) bond motifs is 1. The smallest absolute Gasteiger partial charge is 0.233 e. The van der Waals surface area contributed by atoms with Crippen molar-refractivity contribution in [2.24, 2.45) is 0 Å². The molecular formula is C22H25N5OS. The fraction of sp³-hybridized carbons (Fsp3) is 0.364. The number of aromatic nitrogens is 4. The quantitative estimate of drug-likeness (QED) is 0.600. The van der Waals surface area contributed by atoms with Gasteiger partial charge in [-0.15, -0.1) is 5.10 Å². The number of nitrogens with zero attached hydrogens (tertiary/aromatic N) is 5. The third kappa shape index (κ3) is 4.05. The van der Waals surface area contributed by atoms with Gasteiger partial charge in [0.25, 0.3) is 0 Å². The van der Waals surface area contributed by atoms with Crippen LogP contribution in [-0.4, -0.2) is 43.8 Å². The first-order valence-electron chi connectivity index (χ1n) is 9.87. The number of hydrogen-bond acceptors (Lipinski definition) is 5.